The van der Waals surface area contributed by atoms with Gasteiger partial charge in [0.15, 0.2) is 0 Å². The molecule has 92 valence electrons. The van der Waals surface area contributed by atoms with Gasteiger partial charge < -0.3 is 5.73 Å². The fraction of sp³-hybridized carbons (Fsp3) is 0.0714. The van der Waals surface area contributed by atoms with E-state index in [2.05, 4.69) is 17.1 Å². The van der Waals surface area contributed by atoms with Gasteiger partial charge in [-0.05, 0) is 24.3 Å². The zero-order chi connectivity index (χ0) is 12.8. The topological polar surface area (TPSA) is 38.4 Å². The number of hydrogen-bond donors (Lipinski definition) is 1. The minimum Gasteiger partial charge on any atom is -0.386 e. The van der Waals surface area contributed by atoms with Crippen molar-refractivity contribution in [3.05, 3.63) is 54.6 Å². The summed E-state index contributed by atoms with van der Waals surface area (Å²) in [5.74, 6) is 0.669. The molecule has 0 bridgehead atoms. The highest BCUT2D eigenvalue weighted by Gasteiger charge is 2.03. The third-order valence-electron chi connectivity index (χ3n) is 2.24. The summed E-state index contributed by atoms with van der Waals surface area (Å²) >= 11 is 7.31. The van der Waals surface area contributed by atoms with Crippen LogP contribution in [0.5, 0.6) is 0 Å². The van der Waals surface area contributed by atoms with E-state index in [0.29, 0.717) is 5.84 Å². The van der Waals surface area contributed by atoms with Gasteiger partial charge in [0.25, 0.3) is 0 Å². The van der Waals surface area contributed by atoms with Gasteiger partial charge in [-0.3, -0.25) is 0 Å². The number of alkyl halides is 1. The average Bonchev–Trinajstić information content (AvgIpc) is 2.42. The fourth-order valence-electron chi connectivity index (χ4n) is 1.44. The molecule has 0 aliphatic heterocycles. The summed E-state index contributed by atoms with van der Waals surface area (Å²) in [7, 11) is 0. The minimum absolute atomic E-state index is 0.240. The Labute approximate surface area is 116 Å². The Morgan fingerprint density at radius 2 is 1.72 bits per heavy atom. The Balaban J connectivity index is 2.28. The van der Waals surface area contributed by atoms with E-state index in [1.54, 1.807) is 11.8 Å². The zero-order valence-electron chi connectivity index (χ0n) is 9.71. The highest BCUT2D eigenvalue weighted by molar-refractivity contribution is 7.99. The van der Waals surface area contributed by atoms with Crippen LogP contribution >= 0.6 is 23.4 Å². The van der Waals surface area contributed by atoms with Gasteiger partial charge in [0.05, 0.1) is 11.6 Å². The van der Waals surface area contributed by atoms with Crippen molar-refractivity contribution in [2.24, 2.45) is 10.7 Å². The maximum atomic E-state index is 5.68. The Morgan fingerprint density at radius 3 is 2.44 bits per heavy atom. The van der Waals surface area contributed by atoms with Crippen molar-refractivity contribution in [2.75, 3.05) is 5.88 Å². The lowest BCUT2D eigenvalue weighted by Gasteiger charge is -2.05. The molecule has 2 N–H and O–H groups in total. The molecule has 2 aromatic rings. The van der Waals surface area contributed by atoms with Crippen LogP contribution in [0.2, 0.25) is 0 Å². The maximum absolute atomic E-state index is 5.68. The molecule has 4 heteroatoms. The van der Waals surface area contributed by atoms with E-state index in [9.17, 15) is 0 Å². The summed E-state index contributed by atoms with van der Waals surface area (Å²) in [5, 5.41) is 0. The summed E-state index contributed by atoms with van der Waals surface area (Å²) in [4.78, 5) is 6.55. The van der Waals surface area contributed by atoms with Crippen LogP contribution < -0.4 is 5.73 Å². The van der Waals surface area contributed by atoms with Gasteiger partial charge >= 0.3 is 0 Å². The second kappa shape index (κ2) is 6.47. The van der Waals surface area contributed by atoms with Crippen LogP contribution in [0.4, 0.5) is 5.69 Å². The number of aliphatic imine (C=N–C) groups is 1. The van der Waals surface area contributed by atoms with Crippen molar-refractivity contribution < 1.29 is 0 Å². The first-order valence-electron chi connectivity index (χ1n) is 5.50. The summed E-state index contributed by atoms with van der Waals surface area (Å²) < 4.78 is 0. The first-order chi connectivity index (χ1) is 8.79. The van der Waals surface area contributed by atoms with Crippen LogP contribution in [0.25, 0.3) is 0 Å². The van der Waals surface area contributed by atoms with E-state index in [-0.39, 0.29) is 5.88 Å². The summed E-state index contributed by atoms with van der Waals surface area (Å²) in [6.07, 6.45) is 0. The largest absolute Gasteiger partial charge is 0.386 e. The van der Waals surface area contributed by atoms with Crippen molar-refractivity contribution in [1.29, 1.82) is 0 Å². The SMILES string of the molecule is NC(CCl)=Nc1ccccc1Sc1ccccc1. The normalized spacial score (nSPS) is 11.5. The molecule has 0 heterocycles. The number of benzene rings is 2. The highest BCUT2D eigenvalue weighted by atomic mass is 35.5. The van der Waals surface area contributed by atoms with Gasteiger partial charge in [-0.1, -0.05) is 42.1 Å². The molecule has 18 heavy (non-hydrogen) atoms. The first kappa shape index (κ1) is 13.0. The number of para-hydroxylation sites is 1. The number of nitrogens with two attached hydrogens (primary N) is 1. The first-order valence-corrected chi connectivity index (χ1v) is 6.85. The molecule has 0 aliphatic rings. The van der Waals surface area contributed by atoms with E-state index in [1.807, 2.05) is 42.5 Å². The third-order valence-corrected chi connectivity index (χ3v) is 3.58. The minimum atomic E-state index is 0.240. The molecule has 0 atom stereocenters. The lowest BCUT2D eigenvalue weighted by atomic mass is 10.3. The Morgan fingerprint density at radius 1 is 1.06 bits per heavy atom. The molecule has 0 fully saturated rings. The Kier molecular flexibility index (Phi) is 4.67. The molecule has 2 rings (SSSR count). The van der Waals surface area contributed by atoms with Gasteiger partial charge in [-0.2, -0.15) is 0 Å². The van der Waals surface area contributed by atoms with E-state index >= 15 is 0 Å². The molecule has 0 aliphatic carbocycles. The van der Waals surface area contributed by atoms with Crippen LogP contribution in [0, 0.1) is 0 Å². The summed E-state index contributed by atoms with van der Waals surface area (Å²) in [5.41, 5.74) is 6.53. The van der Waals surface area contributed by atoms with Gasteiger partial charge in [0.2, 0.25) is 0 Å². The van der Waals surface area contributed by atoms with E-state index in [4.69, 9.17) is 17.3 Å². The van der Waals surface area contributed by atoms with Gasteiger partial charge in [0.1, 0.15) is 5.84 Å². The second-order valence-electron chi connectivity index (χ2n) is 3.62. The fourth-order valence-corrected chi connectivity index (χ4v) is 2.41. The van der Waals surface area contributed by atoms with Crippen molar-refractivity contribution in [2.45, 2.75) is 9.79 Å². The second-order valence-corrected chi connectivity index (χ2v) is 5.00. The lowest BCUT2D eigenvalue weighted by Crippen LogP contribution is -2.12. The molecule has 0 radical (unpaired) electrons. The molecule has 0 amide bonds. The van der Waals surface area contributed by atoms with Crippen molar-refractivity contribution in [3.8, 4) is 0 Å². The van der Waals surface area contributed by atoms with Gasteiger partial charge in [-0.25, -0.2) is 4.99 Å². The monoisotopic (exact) mass is 276 g/mol. The molecule has 0 spiro atoms. The molecule has 0 aromatic heterocycles. The zero-order valence-corrected chi connectivity index (χ0v) is 11.3. The van der Waals surface area contributed by atoms with Crippen LogP contribution in [-0.2, 0) is 0 Å². The van der Waals surface area contributed by atoms with E-state index in [1.165, 1.54) is 4.90 Å². The quantitative estimate of drug-likeness (QED) is 0.519. The molecule has 0 saturated heterocycles. The van der Waals surface area contributed by atoms with Crippen molar-refractivity contribution >= 4 is 34.9 Å². The number of hydrogen-bond acceptors (Lipinski definition) is 2. The predicted molar refractivity (Wildman–Crippen MR) is 79.0 cm³/mol. The molecule has 0 saturated carbocycles. The van der Waals surface area contributed by atoms with E-state index in [0.717, 1.165) is 10.6 Å². The smallest absolute Gasteiger partial charge is 0.115 e. The molecular formula is C14H13ClN2S. The van der Waals surface area contributed by atoms with Gasteiger partial charge in [0, 0.05) is 9.79 Å². The van der Waals surface area contributed by atoms with Crippen LogP contribution in [0.3, 0.4) is 0 Å². The average molecular weight is 277 g/mol. The number of rotatable bonds is 4. The molecule has 2 nitrogen and oxygen atoms in total. The highest BCUT2D eigenvalue weighted by Crippen LogP contribution is 2.34. The van der Waals surface area contributed by atoms with Crippen molar-refractivity contribution in [1.82, 2.24) is 0 Å². The number of halogens is 1. The van der Waals surface area contributed by atoms with Crippen LogP contribution in [0.15, 0.2) is 69.4 Å². The van der Waals surface area contributed by atoms with Gasteiger partial charge in [-0.15, -0.1) is 11.6 Å². The number of nitrogens with zero attached hydrogens (tertiary/aromatic N) is 1. The molecule has 2 aromatic carbocycles. The summed E-state index contributed by atoms with van der Waals surface area (Å²) in [6.45, 7) is 0. The summed E-state index contributed by atoms with van der Waals surface area (Å²) in [6, 6.07) is 18.0. The third kappa shape index (κ3) is 3.52. The van der Waals surface area contributed by atoms with Crippen molar-refractivity contribution in [3.63, 3.8) is 0 Å². The predicted octanol–water partition coefficient (Wildman–Crippen LogP) is 4.07. The Hall–Kier alpha value is -1.45. The standard InChI is InChI=1S/C14H13ClN2S/c15-10-14(16)17-12-8-4-5-9-13(12)18-11-6-2-1-3-7-11/h1-9H,10H2,(H2,16,17). The molecular weight excluding hydrogens is 264 g/mol. The molecule has 0 unspecified atom stereocenters. The van der Waals surface area contributed by atoms with E-state index < -0.39 is 0 Å². The van der Waals surface area contributed by atoms with Crippen LogP contribution in [0.1, 0.15) is 0 Å². The Bertz CT molecular complexity index is 541. The van der Waals surface area contributed by atoms with Crippen LogP contribution in [-0.4, -0.2) is 11.7 Å². The number of amidine groups is 1. The lowest BCUT2D eigenvalue weighted by molar-refractivity contribution is 1.34. The maximum Gasteiger partial charge on any atom is 0.115 e.